The van der Waals surface area contributed by atoms with Crippen molar-refractivity contribution in [2.45, 2.75) is 24.1 Å². The number of nitrogens with one attached hydrogen (secondary N) is 3. The van der Waals surface area contributed by atoms with Crippen molar-refractivity contribution < 1.29 is 4.79 Å². The number of anilines is 1. The molecule has 0 aliphatic rings. The summed E-state index contributed by atoms with van der Waals surface area (Å²) in [6.07, 6.45) is 0. The Bertz CT molecular complexity index is 1210. The second kappa shape index (κ2) is 6.92. The summed E-state index contributed by atoms with van der Waals surface area (Å²) < 4.78 is 0. The highest BCUT2D eigenvalue weighted by atomic mass is 32.2. The van der Waals surface area contributed by atoms with Gasteiger partial charge in [-0.15, -0.1) is 0 Å². The number of carbonyl (C=O) groups excluding carboxylic acids is 1. The average Bonchev–Trinajstić information content (AvgIpc) is 3.01. The minimum atomic E-state index is -0.320. The zero-order valence-corrected chi connectivity index (χ0v) is 15.7. The fraction of sp³-hybridized carbons (Fsp3) is 0.150. The number of rotatable bonds is 4. The van der Waals surface area contributed by atoms with E-state index in [0.29, 0.717) is 16.7 Å². The van der Waals surface area contributed by atoms with Gasteiger partial charge in [0, 0.05) is 11.1 Å². The minimum absolute atomic E-state index is 0.121. The van der Waals surface area contributed by atoms with E-state index < -0.39 is 0 Å². The average molecular weight is 378 g/mol. The first-order valence-electron chi connectivity index (χ1n) is 8.55. The zero-order valence-electron chi connectivity index (χ0n) is 14.9. The van der Waals surface area contributed by atoms with Gasteiger partial charge in [0.25, 0.3) is 0 Å². The van der Waals surface area contributed by atoms with Gasteiger partial charge in [-0.3, -0.25) is 4.79 Å². The van der Waals surface area contributed by atoms with Crippen LogP contribution in [0, 0.1) is 6.92 Å². The third-order valence-electron chi connectivity index (χ3n) is 4.35. The number of para-hydroxylation sites is 1. The van der Waals surface area contributed by atoms with Crippen LogP contribution in [0.2, 0.25) is 0 Å². The number of aromatic amines is 2. The maximum atomic E-state index is 12.6. The first-order chi connectivity index (χ1) is 13.0. The minimum Gasteiger partial charge on any atom is -0.325 e. The van der Waals surface area contributed by atoms with Crippen LogP contribution in [-0.2, 0) is 4.79 Å². The second-order valence-electron chi connectivity index (χ2n) is 6.38. The van der Waals surface area contributed by atoms with Gasteiger partial charge in [-0.25, -0.2) is 9.78 Å². The Kier molecular flexibility index (Phi) is 4.45. The Labute approximate surface area is 159 Å². The molecule has 0 aliphatic carbocycles. The molecule has 27 heavy (non-hydrogen) atoms. The summed E-state index contributed by atoms with van der Waals surface area (Å²) >= 11 is 1.42. The summed E-state index contributed by atoms with van der Waals surface area (Å²) in [6, 6.07) is 15.2. The lowest BCUT2D eigenvalue weighted by Gasteiger charge is -2.13. The quantitative estimate of drug-likeness (QED) is 0.471. The van der Waals surface area contributed by atoms with Crippen LogP contribution < -0.4 is 11.0 Å². The van der Waals surface area contributed by atoms with E-state index in [0.717, 1.165) is 21.5 Å². The van der Waals surface area contributed by atoms with Crippen molar-refractivity contribution in [3.8, 4) is 0 Å². The van der Waals surface area contributed by atoms with Crippen molar-refractivity contribution in [2.75, 3.05) is 5.32 Å². The molecule has 3 N–H and O–H groups in total. The molecule has 2 heterocycles. The van der Waals surface area contributed by atoms with Gasteiger partial charge < -0.3 is 15.3 Å². The van der Waals surface area contributed by atoms with Crippen molar-refractivity contribution in [3.63, 3.8) is 0 Å². The number of hydrogen-bond donors (Lipinski definition) is 3. The van der Waals surface area contributed by atoms with E-state index in [2.05, 4.69) is 20.3 Å². The number of pyridine rings is 1. The molecule has 0 saturated heterocycles. The molecule has 0 fully saturated rings. The number of amides is 1. The fourth-order valence-electron chi connectivity index (χ4n) is 2.97. The van der Waals surface area contributed by atoms with Crippen LogP contribution >= 0.6 is 11.8 Å². The molecule has 4 rings (SSSR count). The normalized spacial score (nSPS) is 12.4. The van der Waals surface area contributed by atoms with Gasteiger partial charge in [-0.2, -0.15) is 0 Å². The molecule has 0 unspecified atom stereocenters. The SMILES string of the molecule is Cc1cc(S[C@H](C)C(=O)Nc2ccc3[nH]c(=O)[nH]c3c2)nc2ccccc12. The maximum absolute atomic E-state index is 12.6. The number of nitrogens with zero attached hydrogens (tertiary/aromatic N) is 1. The molecule has 2 aromatic carbocycles. The Hall–Kier alpha value is -3.06. The van der Waals surface area contributed by atoms with Crippen molar-refractivity contribution in [1.29, 1.82) is 0 Å². The van der Waals surface area contributed by atoms with Gasteiger partial charge >= 0.3 is 5.69 Å². The molecule has 0 aliphatic heterocycles. The number of benzene rings is 2. The number of aromatic nitrogens is 3. The molecule has 1 amide bonds. The smallest absolute Gasteiger partial charge is 0.323 e. The second-order valence-corrected chi connectivity index (χ2v) is 7.74. The van der Waals surface area contributed by atoms with Gasteiger partial charge in [0.15, 0.2) is 0 Å². The standard InChI is InChI=1S/C20H18N4O2S/c1-11-9-18(22-15-6-4-3-5-14(11)15)27-12(2)19(25)21-13-7-8-16-17(10-13)24-20(26)23-16/h3-10,12H,1-2H3,(H,21,25)(H2,23,24,26)/t12-/m1/s1. The third-order valence-corrected chi connectivity index (χ3v) is 5.37. The predicted molar refractivity (Wildman–Crippen MR) is 109 cm³/mol. The molecule has 0 radical (unpaired) electrons. The van der Waals surface area contributed by atoms with Gasteiger partial charge in [0.05, 0.1) is 26.8 Å². The lowest BCUT2D eigenvalue weighted by Crippen LogP contribution is -2.22. The van der Waals surface area contributed by atoms with E-state index >= 15 is 0 Å². The van der Waals surface area contributed by atoms with Crippen LogP contribution in [0.4, 0.5) is 5.69 Å². The van der Waals surface area contributed by atoms with Gasteiger partial charge in [0.1, 0.15) is 0 Å². The number of aryl methyl sites for hydroxylation is 1. The van der Waals surface area contributed by atoms with E-state index in [9.17, 15) is 9.59 Å². The summed E-state index contributed by atoms with van der Waals surface area (Å²) in [5.74, 6) is -0.121. The van der Waals surface area contributed by atoms with Crippen LogP contribution in [0.5, 0.6) is 0 Å². The summed E-state index contributed by atoms with van der Waals surface area (Å²) in [7, 11) is 0. The number of hydrogen-bond acceptors (Lipinski definition) is 4. The van der Waals surface area contributed by atoms with Gasteiger partial charge in [-0.05, 0) is 49.7 Å². The van der Waals surface area contributed by atoms with E-state index in [4.69, 9.17) is 0 Å². The highest BCUT2D eigenvalue weighted by Crippen LogP contribution is 2.27. The molecule has 0 bridgehead atoms. The first kappa shape index (κ1) is 17.4. The van der Waals surface area contributed by atoms with Crippen LogP contribution in [-0.4, -0.2) is 26.1 Å². The summed E-state index contributed by atoms with van der Waals surface area (Å²) in [6.45, 7) is 3.90. The Morgan fingerprint density at radius 2 is 1.89 bits per heavy atom. The molecule has 1 atom stereocenters. The van der Waals surface area contributed by atoms with Crippen LogP contribution in [0.3, 0.4) is 0 Å². The maximum Gasteiger partial charge on any atom is 0.323 e. The highest BCUT2D eigenvalue weighted by molar-refractivity contribution is 8.00. The van der Waals surface area contributed by atoms with E-state index in [1.165, 1.54) is 11.8 Å². The molecule has 136 valence electrons. The van der Waals surface area contributed by atoms with Crippen LogP contribution in [0.1, 0.15) is 12.5 Å². The van der Waals surface area contributed by atoms with E-state index in [1.54, 1.807) is 18.2 Å². The molecule has 2 aromatic heterocycles. The Balaban J connectivity index is 1.50. The summed E-state index contributed by atoms with van der Waals surface area (Å²) in [4.78, 5) is 33.9. The Morgan fingerprint density at radius 3 is 2.74 bits per heavy atom. The van der Waals surface area contributed by atoms with Crippen molar-refractivity contribution >= 4 is 45.3 Å². The van der Waals surface area contributed by atoms with Crippen molar-refractivity contribution in [2.24, 2.45) is 0 Å². The number of carbonyl (C=O) groups is 1. The largest absolute Gasteiger partial charge is 0.325 e. The molecule has 4 aromatic rings. The zero-order chi connectivity index (χ0) is 19.0. The number of H-pyrrole nitrogens is 2. The van der Waals surface area contributed by atoms with Crippen LogP contribution in [0.15, 0.2) is 58.4 Å². The van der Waals surface area contributed by atoms with Crippen molar-refractivity contribution in [3.05, 3.63) is 64.6 Å². The molecule has 6 nitrogen and oxygen atoms in total. The predicted octanol–water partition coefficient (Wildman–Crippen LogP) is 3.83. The topological polar surface area (TPSA) is 90.6 Å². The number of imidazole rings is 1. The fourth-order valence-corrected chi connectivity index (χ4v) is 3.89. The lowest BCUT2D eigenvalue weighted by molar-refractivity contribution is -0.115. The highest BCUT2D eigenvalue weighted by Gasteiger charge is 2.16. The van der Waals surface area contributed by atoms with Gasteiger partial charge in [-0.1, -0.05) is 30.0 Å². The third kappa shape index (κ3) is 3.59. The molecule has 0 spiro atoms. The monoisotopic (exact) mass is 378 g/mol. The first-order valence-corrected chi connectivity index (χ1v) is 9.43. The van der Waals surface area contributed by atoms with Crippen LogP contribution in [0.25, 0.3) is 21.9 Å². The van der Waals surface area contributed by atoms with E-state index in [-0.39, 0.29) is 16.8 Å². The summed E-state index contributed by atoms with van der Waals surface area (Å²) in [5.41, 5.74) is 3.79. The number of thioether (sulfide) groups is 1. The van der Waals surface area contributed by atoms with Gasteiger partial charge in [0.2, 0.25) is 5.91 Å². The number of fused-ring (bicyclic) bond motifs is 2. The summed E-state index contributed by atoms with van der Waals surface area (Å²) in [5, 5.41) is 4.51. The lowest BCUT2D eigenvalue weighted by atomic mass is 10.1. The molecular formula is C20H18N4O2S. The molecule has 7 heteroatoms. The Morgan fingerprint density at radius 1 is 1.11 bits per heavy atom. The molecular weight excluding hydrogens is 360 g/mol. The molecule has 0 saturated carbocycles. The van der Waals surface area contributed by atoms with E-state index in [1.807, 2.05) is 44.2 Å². The van der Waals surface area contributed by atoms with Crippen molar-refractivity contribution in [1.82, 2.24) is 15.0 Å².